The number of hydrogen-bond donors (Lipinski definition) is 1. The second-order valence-corrected chi connectivity index (χ2v) is 3.74. The van der Waals surface area contributed by atoms with Crippen molar-refractivity contribution in [3.8, 4) is 0 Å². The lowest BCUT2D eigenvalue weighted by Crippen LogP contribution is -2.23. The topological polar surface area (TPSA) is 29.1 Å². The van der Waals surface area contributed by atoms with Gasteiger partial charge in [0.05, 0.1) is 0 Å². The largest absolute Gasteiger partial charge is 0.355 e. The fourth-order valence-corrected chi connectivity index (χ4v) is 1.36. The van der Waals surface area contributed by atoms with E-state index in [4.69, 9.17) is 0 Å². The molecule has 1 rings (SSSR count). The maximum atomic E-state index is 13.7. The lowest BCUT2D eigenvalue weighted by Gasteiger charge is -2.18. The van der Waals surface area contributed by atoms with Crippen molar-refractivity contribution in [1.82, 2.24) is 5.32 Å². The molecule has 82 valence electrons. The van der Waals surface area contributed by atoms with E-state index in [1.165, 1.54) is 27.0 Å². The third-order valence-corrected chi connectivity index (χ3v) is 2.09. The summed E-state index contributed by atoms with van der Waals surface area (Å²) in [7, 11) is 1.42. The molecular weight excluding hydrogens is 200 g/mol. The second-order valence-electron chi connectivity index (χ2n) is 3.74. The van der Waals surface area contributed by atoms with Crippen molar-refractivity contribution in [3.63, 3.8) is 0 Å². The molecule has 0 aliphatic carbocycles. The van der Waals surface area contributed by atoms with Crippen molar-refractivity contribution >= 4 is 5.91 Å². The Labute approximate surface area is 87.3 Å². The summed E-state index contributed by atoms with van der Waals surface area (Å²) < 4.78 is 26.6. The zero-order valence-corrected chi connectivity index (χ0v) is 8.90. The quantitative estimate of drug-likeness (QED) is 0.803. The summed E-state index contributed by atoms with van der Waals surface area (Å²) in [5, 5.41) is 2.35. The van der Waals surface area contributed by atoms with Crippen molar-refractivity contribution < 1.29 is 13.6 Å². The van der Waals surface area contributed by atoms with Crippen molar-refractivity contribution in [3.05, 3.63) is 35.1 Å². The zero-order valence-electron chi connectivity index (χ0n) is 8.90. The normalized spacial score (nSPS) is 11.3. The van der Waals surface area contributed by atoms with E-state index in [0.29, 0.717) is 0 Å². The molecule has 2 nitrogen and oxygen atoms in total. The number of carbonyl (C=O) groups is 1. The van der Waals surface area contributed by atoms with Gasteiger partial charge in [0.1, 0.15) is 11.5 Å². The minimum absolute atomic E-state index is 0.0324. The van der Waals surface area contributed by atoms with Gasteiger partial charge in [0, 0.05) is 18.2 Å². The molecule has 1 N–H and O–H groups in total. The maximum absolute atomic E-state index is 13.7. The first-order valence-electron chi connectivity index (χ1n) is 4.57. The van der Waals surface area contributed by atoms with Crippen molar-refractivity contribution in [2.24, 2.45) is 0 Å². The molecule has 4 heteroatoms. The molecule has 0 atom stereocenters. The lowest BCUT2D eigenvalue weighted by atomic mass is 9.94. The summed E-state index contributed by atoms with van der Waals surface area (Å²) in [6, 6.07) is 3.47. The molecule has 0 radical (unpaired) electrons. The number of alkyl halides is 1. The van der Waals surface area contributed by atoms with Gasteiger partial charge in [0.15, 0.2) is 0 Å². The SMILES string of the molecule is CNC(=O)c1cc(F)ccc1C(C)(C)F. The van der Waals surface area contributed by atoms with E-state index in [2.05, 4.69) is 5.32 Å². The van der Waals surface area contributed by atoms with E-state index >= 15 is 0 Å². The van der Waals surface area contributed by atoms with Crippen LogP contribution in [0.3, 0.4) is 0 Å². The number of rotatable bonds is 2. The van der Waals surface area contributed by atoms with E-state index in [9.17, 15) is 13.6 Å². The fourth-order valence-electron chi connectivity index (χ4n) is 1.36. The predicted octanol–water partition coefficient (Wildman–Crippen LogP) is 2.39. The molecule has 1 amide bonds. The van der Waals surface area contributed by atoms with Crippen LogP contribution in [0.1, 0.15) is 29.8 Å². The van der Waals surface area contributed by atoms with Gasteiger partial charge in [-0.1, -0.05) is 6.07 Å². The van der Waals surface area contributed by atoms with E-state index < -0.39 is 17.4 Å². The van der Waals surface area contributed by atoms with Crippen LogP contribution in [0.25, 0.3) is 0 Å². The molecule has 0 saturated carbocycles. The average Bonchev–Trinajstić information content (AvgIpc) is 2.14. The van der Waals surface area contributed by atoms with Crippen LogP contribution < -0.4 is 5.32 Å². The van der Waals surface area contributed by atoms with E-state index in [-0.39, 0.29) is 11.1 Å². The number of halogens is 2. The Morgan fingerprint density at radius 1 is 1.40 bits per heavy atom. The Morgan fingerprint density at radius 2 is 2.00 bits per heavy atom. The molecule has 0 bridgehead atoms. The molecule has 0 saturated heterocycles. The highest BCUT2D eigenvalue weighted by molar-refractivity contribution is 5.95. The van der Waals surface area contributed by atoms with Crippen LogP contribution in [0.2, 0.25) is 0 Å². The first kappa shape index (κ1) is 11.6. The van der Waals surface area contributed by atoms with Crippen molar-refractivity contribution in [2.45, 2.75) is 19.5 Å². The molecule has 0 aliphatic heterocycles. The molecule has 0 fully saturated rings. The van der Waals surface area contributed by atoms with Crippen LogP contribution in [0.4, 0.5) is 8.78 Å². The molecule has 15 heavy (non-hydrogen) atoms. The zero-order chi connectivity index (χ0) is 11.6. The fraction of sp³-hybridized carbons (Fsp3) is 0.364. The van der Waals surface area contributed by atoms with E-state index in [0.717, 1.165) is 12.1 Å². The average molecular weight is 213 g/mol. The second kappa shape index (κ2) is 3.96. The maximum Gasteiger partial charge on any atom is 0.251 e. The van der Waals surface area contributed by atoms with Crippen LogP contribution in [0.5, 0.6) is 0 Å². The monoisotopic (exact) mass is 213 g/mol. The smallest absolute Gasteiger partial charge is 0.251 e. The van der Waals surface area contributed by atoms with E-state index in [1.54, 1.807) is 0 Å². The Hall–Kier alpha value is -1.45. The molecule has 0 aromatic heterocycles. The van der Waals surface area contributed by atoms with Gasteiger partial charge < -0.3 is 5.32 Å². The van der Waals surface area contributed by atoms with Gasteiger partial charge in [-0.15, -0.1) is 0 Å². The number of carbonyl (C=O) groups excluding carboxylic acids is 1. The van der Waals surface area contributed by atoms with Gasteiger partial charge in [-0.05, 0) is 26.0 Å². The molecular formula is C11H13F2NO. The van der Waals surface area contributed by atoms with E-state index in [1.807, 2.05) is 0 Å². The lowest BCUT2D eigenvalue weighted by molar-refractivity contribution is 0.0955. The number of amides is 1. The van der Waals surface area contributed by atoms with Crippen LogP contribution in [0, 0.1) is 5.82 Å². The van der Waals surface area contributed by atoms with Crippen LogP contribution in [-0.4, -0.2) is 13.0 Å². The highest BCUT2D eigenvalue weighted by atomic mass is 19.1. The van der Waals surface area contributed by atoms with Crippen LogP contribution in [0.15, 0.2) is 18.2 Å². The van der Waals surface area contributed by atoms with Crippen molar-refractivity contribution in [1.29, 1.82) is 0 Å². The van der Waals surface area contributed by atoms with Crippen LogP contribution in [-0.2, 0) is 5.67 Å². The molecule has 1 aromatic rings. The van der Waals surface area contributed by atoms with Gasteiger partial charge in [0.2, 0.25) is 0 Å². The summed E-state index contributed by atoms with van der Waals surface area (Å²) in [5.74, 6) is -1.04. The predicted molar refractivity (Wildman–Crippen MR) is 53.9 cm³/mol. The Bertz CT molecular complexity index is 383. The molecule has 0 heterocycles. The minimum Gasteiger partial charge on any atom is -0.355 e. The highest BCUT2D eigenvalue weighted by Crippen LogP contribution is 2.28. The third kappa shape index (κ3) is 2.52. The third-order valence-electron chi connectivity index (χ3n) is 2.09. The highest BCUT2D eigenvalue weighted by Gasteiger charge is 2.25. The summed E-state index contributed by atoms with van der Waals surface area (Å²) in [5.41, 5.74) is -1.46. The summed E-state index contributed by atoms with van der Waals surface area (Å²) in [6.07, 6.45) is 0. The number of nitrogens with one attached hydrogen (secondary N) is 1. The minimum atomic E-state index is -1.67. The molecule has 0 unspecified atom stereocenters. The van der Waals surface area contributed by atoms with Gasteiger partial charge in [0.25, 0.3) is 5.91 Å². The van der Waals surface area contributed by atoms with Gasteiger partial charge in [-0.3, -0.25) is 4.79 Å². The standard InChI is InChI=1S/C11H13F2NO/c1-11(2,13)9-5-4-7(12)6-8(9)10(15)14-3/h4-6H,1-3H3,(H,14,15). The van der Waals surface area contributed by atoms with Crippen LogP contribution >= 0.6 is 0 Å². The summed E-state index contributed by atoms with van der Waals surface area (Å²) in [6.45, 7) is 2.65. The number of hydrogen-bond acceptors (Lipinski definition) is 1. The first-order chi connectivity index (χ1) is 6.86. The Morgan fingerprint density at radius 3 is 2.47 bits per heavy atom. The van der Waals surface area contributed by atoms with Crippen molar-refractivity contribution in [2.75, 3.05) is 7.05 Å². The Balaban J connectivity index is 3.33. The summed E-state index contributed by atoms with van der Waals surface area (Å²) >= 11 is 0. The Kier molecular flexibility index (Phi) is 3.07. The van der Waals surface area contributed by atoms with Gasteiger partial charge in [-0.25, -0.2) is 8.78 Å². The van der Waals surface area contributed by atoms with Gasteiger partial charge >= 0.3 is 0 Å². The molecule has 1 aromatic carbocycles. The van der Waals surface area contributed by atoms with Gasteiger partial charge in [-0.2, -0.15) is 0 Å². The summed E-state index contributed by atoms with van der Waals surface area (Å²) in [4.78, 5) is 11.4. The molecule has 0 spiro atoms. The number of benzene rings is 1. The first-order valence-corrected chi connectivity index (χ1v) is 4.57. The molecule has 0 aliphatic rings.